The van der Waals surface area contributed by atoms with E-state index >= 15 is 0 Å². The zero-order valence-electron chi connectivity index (χ0n) is 37.8. The van der Waals surface area contributed by atoms with E-state index in [1.165, 1.54) is 24.3 Å². The van der Waals surface area contributed by atoms with Crippen molar-refractivity contribution in [3.8, 4) is 17.2 Å². The van der Waals surface area contributed by atoms with Crippen LogP contribution in [0.25, 0.3) is 0 Å². The Kier molecular flexibility index (Phi) is 14.7. The van der Waals surface area contributed by atoms with Crippen LogP contribution in [0, 0.1) is 53.5 Å². The molecule has 66 heavy (non-hydrogen) atoms. The molecule has 12 nitrogen and oxygen atoms in total. The first kappa shape index (κ1) is 46.6. The maximum Gasteiger partial charge on any atom is 0.269 e. The molecular weight excluding hydrogens is 842 g/mol. The molecule has 2 fully saturated rings. The minimum Gasteiger partial charge on any atom is -0.459 e. The third kappa shape index (κ3) is 10.1. The van der Waals surface area contributed by atoms with E-state index < -0.39 is 22.7 Å². The fourth-order valence-electron chi connectivity index (χ4n) is 10.2. The molecule has 1 heterocycles. The van der Waals surface area contributed by atoms with E-state index in [2.05, 4.69) is 32.6 Å². The lowest BCUT2D eigenvalue weighted by Gasteiger charge is -2.60. The molecule has 0 bridgehead atoms. The largest absolute Gasteiger partial charge is 0.459 e. The molecule has 6 atom stereocenters. The average molecular weight is 902 g/mol. The molecule has 0 unspecified atom stereocenters. The van der Waals surface area contributed by atoms with Gasteiger partial charge in [-0.05, 0) is 147 Å². The first-order valence-electron chi connectivity index (χ1n) is 23.3. The number of carbonyl (C=O) groups excluding carboxylic acids is 1. The maximum absolute atomic E-state index is 14.9. The van der Waals surface area contributed by atoms with Gasteiger partial charge in [-0.15, -0.1) is 6.58 Å². The van der Waals surface area contributed by atoms with Crippen molar-refractivity contribution in [2.24, 2.45) is 28.8 Å². The van der Waals surface area contributed by atoms with Gasteiger partial charge in [0.15, 0.2) is 0 Å². The van der Waals surface area contributed by atoms with E-state index in [9.17, 15) is 29.5 Å². The van der Waals surface area contributed by atoms with E-state index in [-0.39, 0.29) is 80.5 Å². The number of hydrogen-bond acceptors (Lipinski definition) is 10. The minimum absolute atomic E-state index is 0.000859. The molecule has 8 rings (SSSR count). The standard InChI is InChI=1S/C53H60FN3O9/c1-4-27-63-53-49(56(52(60)38-16-17-38)32-36-12-18-40(54)19-13-36)31-47(55-64-33-37-14-20-41(21-15-37)57(61)62)45-29-39(9-5-7-25-58)44(10-6-8-26-59)50(51(45)53)46-30-43(23-24-48(46)66-53)65-42-22-11-34(2)35(3)28-42/h4,11-15,18-24,28-30,38-39,44,49-51,58-59H,1,5-10,16-17,25-27,31-33H2,2-3H3/t39-,44+,49-,50+,51+,53+/m0/s1. The lowest BCUT2D eigenvalue weighted by atomic mass is 9.55. The number of nitrogens with zero attached hydrogens (tertiary/aromatic N) is 3. The molecule has 4 aliphatic rings. The highest BCUT2D eigenvalue weighted by Gasteiger charge is 2.66. The Hall–Kier alpha value is -5.89. The Morgan fingerprint density at radius 2 is 1.64 bits per heavy atom. The summed E-state index contributed by atoms with van der Waals surface area (Å²) in [6.45, 7) is 8.60. The van der Waals surface area contributed by atoms with Gasteiger partial charge in [0.25, 0.3) is 5.69 Å². The van der Waals surface area contributed by atoms with Gasteiger partial charge in [0.1, 0.15) is 35.7 Å². The number of aliphatic hydroxyl groups is 2. The predicted octanol–water partition coefficient (Wildman–Crippen LogP) is 10.4. The third-order valence-electron chi connectivity index (χ3n) is 13.8. The number of allylic oxidation sites excluding steroid dienone is 1. The van der Waals surface area contributed by atoms with Crippen LogP contribution in [-0.4, -0.2) is 63.3 Å². The fourth-order valence-corrected chi connectivity index (χ4v) is 10.2. The van der Waals surface area contributed by atoms with Crippen LogP contribution in [-0.2, 0) is 27.5 Å². The smallest absolute Gasteiger partial charge is 0.269 e. The van der Waals surface area contributed by atoms with Crippen molar-refractivity contribution in [2.45, 2.75) is 103 Å². The number of halogens is 1. The van der Waals surface area contributed by atoms with Crippen molar-refractivity contribution < 1.29 is 43.4 Å². The Bertz CT molecular complexity index is 2440. The Morgan fingerprint density at radius 3 is 2.32 bits per heavy atom. The van der Waals surface area contributed by atoms with Crippen LogP contribution in [0.5, 0.6) is 17.2 Å². The highest BCUT2D eigenvalue weighted by Crippen LogP contribution is 2.62. The number of nitro groups is 1. The molecule has 0 spiro atoms. The van der Waals surface area contributed by atoms with Crippen molar-refractivity contribution in [2.75, 3.05) is 19.8 Å². The highest BCUT2D eigenvalue weighted by atomic mass is 19.1. The Labute approximate surface area is 385 Å². The first-order chi connectivity index (χ1) is 32.0. The molecule has 4 aromatic carbocycles. The molecule has 1 aliphatic heterocycles. The number of carbonyl (C=O) groups is 1. The summed E-state index contributed by atoms with van der Waals surface area (Å²) >= 11 is 0. The van der Waals surface area contributed by atoms with Gasteiger partial charge in [-0.1, -0.05) is 48.3 Å². The lowest BCUT2D eigenvalue weighted by molar-refractivity contribution is -0.384. The van der Waals surface area contributed by atoms with Gasteiger partial charge in [-0.2, -0.15) is 0 Å². The Morgan fingerprint density at radius 1 is 0.939 bits per heavy atom. The number of nitro benzene ring substituents is 1. The van der Waals surface area contributed by atoms with Gasteiger partial charge in [0.2, 0.25) is 11.7 Å². The fraction of sp³-hybridized carbons (Fsp3) is 0.434. The highest BCUT2D eigenvalue weighted by molar-refractivity contribution is 6.03. The average Bonchev–Trinajstić information content (AvgIpc) is 4.17. The summed E-state index contributed by atoms with van der Waals surface area (Å²) in [4.78, 5) is 33.9. The number of fused-ring (bicyclic) bond motifs is 2. The normalized spacial score (nSPS) is 23.5. The number of oxime groups is 1. The molecule has 0 aromatic heterocycles. The van der Waals surface area contributed by atoms with Crippen LogP contribution >= 0.6 is 0 Å². The van der Waals surface area contributed by atoms with Crippen molar-refractivity contribution in [3.05, 3.63) is 153 Å². The molecule has 13 heteroatoms. The van der Waals surface area contributed by atoms with Crippen molar-refractivity contribution in [1.29, 1.82) is 0 Å². The summed E-state index contributed by atoms with van der Waals surface area (Å²) in [6, 6.07) is 23.5. The van der Waals surface area contributed by atoms with Gasteiger partial charge in [-0.3, -0.25) is 14.9 Å². The summed E-state index contributed by atoms with van der Waals surface area (Å²) in [7, 11) is 0. The molecular formula is C53H60FN3O9. The van der Waals surface area contributed by atoms with Crippen LogP contribution < -0.4 is 9.47 Å². The number of ether oxygens (including phenoxy) is 3. The summed E-state index contributed by atoms with van der Waals surface area (Å²) < 4.78 is 35.5. The van der Waals surface area contributed by atoms with Gasteiger partial charge < -0.3 is 34.2 Å². The van der Waals surface area contributed by atoms with Gasteiger partial charge in [0, 0.05) is 55.7 Å². The molecule has 1 amide bonds. The number of aliphatic hydroxyl groups excluding tert-OH is 2. The molecule has 2 saturated carbocycles. The number of unbranched alkanes of at least 4 members (excludes halogenated alkanes) is 2. The topological polar surface area (TPSA) is 153 Å². The lowest BCUT2D eigenvalue weighted by Crippen LogP contribution is -2.70. The Balaban J connectivity index is 1.32. The quantitative estimate of drug-likeness (QED) is 0.0360. The predicted molar refractivity (Wildman–Crippen MR) is 249 cm³/mol. The molecule has 2 N–H and O–H groups in total. The van der Waals surface area contributed by atoms with Crippen LogP contribution in [0.1, 0.15) is 91.5 Å². The second-order valence-electron chi connectivity index (χ2n) is 18.2. The van der Waals surface area contributed by atoms with E-state index in [1.54, 1.807) is 30.3 Å². The summed E-state index contributed by atoms with van der Waals surface area (Å²) in [6.07, 6.45) is 10.0. The van der Waals surface area contributed by atoms with Crippen LogP contribution in [0.3, 0.4) is 0 Å². The number of rotatable bonds is 21. The van der Waals surface area contributed by atoms with Crippen molar-refractivity contribution >= 4 is 17.3 Å². The van der Waals surface area contributed by atoms with E-state index in [0.717, 1.165) is 66.4 Å². The first-order valence-corrected chi connectivity index (χ1v) is 23.3. The zero-order chi connectivity index (χ0) is 46.4. The van der Waals surface area contributed by atoms with Crippen LogP contribution in [0.15, 0.2) is 114 Å². The number of amides is 1. The second-order valence-corrected chi connectivity index (χ2v) is 18.2. The second kappa shape index (κ2) is 20.7. The number of benzene rings is 4. The number of hydrogen-bond donors (Lipinski definition) is 2. The van der Waals surface area contributed by atoms with Crippen molar-refractivity contribution in [3.63, 3.8) is 0 Å². The maximum atomic E-state index is 14.9. The van der Waals surface area contributed by atoms with Gasteiger partial charge >= 0.3 is 0 Å². The number of aryl methyl sites for hydroxylation is 2. The van der Waals surface area contributed by atoms with E-state index in [0.29, 0.717) is 41.4 Å². The van der Waals surface area contributed by atoms with Crippen LogP contribution in [0.4, 0.5) is 10.1 Å². The van der Waals surface area contributed by atoms with Crippen LogP contribution in [0.2, 0.25) is 0 Å². The molecule has 348 valence electrons. The molecule has 4 aromatic rings. The molecule has 3 aliphatic carbocycles. The third-order valence-corrected chi connectivity index (χ3v) is 13.8. The number of non-ortho nitro benzene ring substituents is 1. The molecule has 0 radical (unpaired) electrons. The minimum atomic E-state index is -1.47. The molecule has 0 saturated heterocycles. The monoisotopic (exact) mass is 901 g/mol. The SMILES string of the molecule is C=CCO[C@@]12Oc3ccc(Oc4ccc(C)c(C)c4)cc3[C@H]3[C@H](CCCCO)[C@@H](CCCCO)C=C(C(=NOCc4ccc([N+](=O)[O-])cc4)C[C@@H]1N(Cc1ccc(F)cc1)C(=O)C1CC1)[C@H]32. The summed E-state index contributed by atoms with van der Waals surface area (Å²) in [5, 5.41) is 36.3. The summed E-state index contributed by atoms with van der Waals surface area (Å²) in [5.74, 6) is -0.947. The van der Waals surface area contributed by atoms with Gasteiger partial charge in [-0.25, -0.2) is 4.39 Å². The zero-order valence-corrected chi connectivity index (χ0v) is 37.8. The van der Waals surface area contributed by atoms with E-state index in [1.807, 2.05) is 35.2 Å². The van der Waals surface area contributed by atoms with Gasteiger partial charge in [0.05, 0.1) is 23.2 Å². The summed E-state index contributed by atoms with van der Waals surface area (Å²) in [5.41, 5.74) is 6.10. The van der Waals surface area contributed by atoms with E-state index in [4.69, 9.17) is 24.2 Å². The van der Waals surface area contributed by atoms with Crippen molar-refractivity contribution in [1.82, 2.24) is 4.90 Å².